The number of esters is 6. The van der Waals surface area contributed by atoms with Crippen LogP contribution in [0, 0.1) is 0 Å². The number of nitrogens with zero attached hydrogens (tertiary/aromatic N) is 1. The number of carbonyl (C=O) groups is 7. The first-order chi connectivity index (χ1) is 34.1. The Labute approximate surface area is 423 Å². The third-order valence-electron chi connectivity index (χ3n) is 12.1. The van der Waals surface area contributed by atoms with Gasteiger partial charge in [0.15, 0.2) is 0 Å². The van der Waals surface area contributed by atoms with Gasteiger partial charge in [-0.15, -0.1) is 0 Å². The average Bonchev–Trinajstić information content (AvgIpc) is 3.87. The predicted molar refractivity (Wildman–Crippen MR) is 272 cm³/mol. The van der Waals surface area contributed by atoms with Crippen LogP contribution in [0.2, 0.25) is 0 Å². The quantitative estimate of drug-likeness (QED) is 0.0242. The fourth-order valence-electron chi connectivity index (χ4n) is 7.82. The second kappa shape index (κ2) is 49.0. The van der Waals surface area contributed by atoms with Gasteiger partial charge in [-0.2, -0.15) is 0 Å². The minimum atomic E-state index is -2.28. The summed E-state index contributed by atoms with van der Waals surface area (Å²) in [6, 6.07) is 0. The number of ether oxygens (including phenoxy) is 7. The van der Waals surface area contributed by atoms with E-state index in [1.165, 1.54) is 32.1 Å². The molecule has 0 radical (unpaired) electrons. The summed E-state index contributed by atoms with van der Waals surface area (Å²) in [7, 11) is 1.62. The van der Waals surface area contributed by atoms with Crippen LogP contribution in [-0.2, 0) is 66.7 Å². The molecule has 1 aliphatic heterocycles. The van der Waals surface area contributed by atoms with E-state index < -0.39 is 42.3 Å². The van der Waals surface area contributed by atoms with E-state index in [-0.39, 0.29) is 51.4 Å². The summed E-state index contributed by atoms with van der Waals surface area (Å²) in [6.07, 6.45) is 26.8. The van der Waals surface area contributed by atoms with Crippen LogP contribution in [0.4, 0.5) is 0 Å². The number of carbonyl (C=O) groups excluding carboxylic acids is 7. The van der Waals surface area contributed by atoms with E-state index in [1.54, 1.807) is 7.11 Å². The van der Waals surface area contributed by atoms with Crippen molar-refractivity contribution >= 4 is 42.1 Å². The van der Waals surface area contributed by atoms with E-state index in [0.717, 1.165) is 129 Å². The van der Waals surface area contributed by atoms with Crippen LogP contribution in [0.15, 0.2) is 0 Å². The summed E-state index contributed by atoms with van der Waals surface area (Å²) in [5.74, 6) is -3.80. The molecule has 70 heavy (non-hydrogen) atoms. The highest BCUT2D eigenvalue weighted by Gasteiger charge is 2.49. The molecular weight excluding hydrogens is 899 g/mol. The molecule has 1 unspecified atom stereocenters. The molecule has 0 amide bonds. The molecule has 0 aromatic carbocycles. The number of unbranched alkanes of at least 4 members (excludes halogenated alkanes) is 20. The summed E-state index contributed by atoms with van der Waals surface area (Å²) in [4.78, 5) is 90.2. The van der Waals surface area contributed by atoms with E-state index in [9.17, 15) is 33.6 Å². The second-order valence-corrected chi connectivity index (χ2v) is 18.7. The number of likely N-dealkylation sites (tertiary alicyclic amines) is 1. The maximum atomic E-state index is 13.9. The summed E-state index contributed by atoms with van der Waals surface area (Å²) in [5, 5.41) is 0. The zero-order valence-corrected chi connectivity index (χ0v) is 44.6. The fraction of sp³-hybridized carbons (Fsp3) is 0.873. The average molecular weight is 998 g/mol. The minimum absolute atomic E-state index is 0.00659. The molecule has 1 aliphatic rings. The Hall–Kier alpha value is -3.59. The van der Waals surface area contributed by atoms with Crippen molar-refractivity contribution in [3.05, 3.63) is 0 Å². The molecule has 0 N–H and O–H groups in total. The molecule has 0 aliphatic carbocycles. The van der Waals surface area contributed by atoms with E-state index in [2.05, 4.69) is 25.7 Å². The van der Waals surface area contributed by atoms with E-state index in [1.807, 2.05) is 0 Å². The highest BCUT2D eigenvalue weighted by atomic mass is 16.6. The van der Waals surface area contributed by atoms with Gasteiger partial charge in [-0.05, 0) is 122 Å². The monoisotopic (exact) mass is 998 g/mol. The van der Waals surface area contributed by atoms with E-state index in [4.69, 9.17) is 33.2 Å². The van der Waals surface area contributed by atoms with Gasteiger partial charge in [0.05, 0.1) is 45.9 Å². The van der Waals surface area contributed by atoms with Gasteiger partial charge in [-0.25, -0.2) is 4.79 Å². The number of hydrogen-bond donors (Lipinski definition) is 0. The van der Waals surface area contributed by atoms with Gasteiger partial charge in [0.1, 0.15) is 6.29 Å². The molecule has 0 spiro atoms. The second-order valence-electron chi connectivity index (χ2n) is 18.7. The highest BCUT2D eigenvalue weighted by Crippen LogP contribution is 2.27. The standard InChI is InChI=1S/C47H83NO13.C8H16O/c1-4-6-8-10-15-27-41(49)56-34-23-13-25-37-59-45(53)40-47(39-44(52)58-36-22-12-21-33-55-3,61-43(51)29-17-18-30-48-31-19-20-32-48)46(54)60-38-26-14-24-35-57-42(50)28-16-11-9-7-5-2;1-2-3-4-5-6-7-8-9/h4-40H2,1-3H3;8H,2-7H2,1H3. The summed E-state index contributed by atoms with van der Waals surface area (Å²) in [6.45, 7) is 10.6. The lowest BCUT2D eigenvalue weighted by molar-refractivity contribution is -0.191. The van der Waals surface area contributed by atoms with Gasteiger partial charge in [0.2, 0.25) is 5.60 Å². The lowest BCUT2D eigenvalue weighted by Gasteiger charge is -2.30. The Morgan fingerprint density at radius 2 is 0.800 bits per heavy atom. The summed E-state index contributed by atoms with van der Waals surface area (Å²) < 4.78 is 38.1. The summed E-state index contributed by atoms with van der Waals surface area (Å²) >= 11 is 0. The zero-order valence-electron chi connectivity index (χ0n) is 44.6. The Morgan fingerprint density at radius 3 is 1.24 bits per heavy atom. The van der Waals surface area contributed by atoms with Crippen LogP contribution in [-0.4, -0.2) is 119 Å². The van der Waals surface area contributed by atoms with Gasteiger partial charge in [0.25, 0.3) is 0 Å². The molecule has 1 fully saturated rings. The molecule has 408 valence electrons. The van der Waals surface area contributed by atoms with Crippen LogP contribution in [0.5, 0.6) is 0 Å². The highest BCUT2D eigenvalue weighted by molar-refractivity contribution is 5.92. The fourth-order valence-corrected chi connectivity index (χ4v) is 7.82. The molecule has 1 atom stereocenters. The number of rotatable bonds is 47. The van der Waals surface area contributed by atoms with Crippen LogP contribution in [0.25, 0.3) is 0 Å². The molecule has 0 bridgehead atoms. The predicted octanol–water partition coefficient (Wildman–Crippen LogP) is 11.5. The molecule has 1 heterocycles. The largest absolute Gasteiger partial charge is 0.466 e. The Bertz CT molecular complexity index is 1320. The number of methoxy groups -OCH3 is 1. The number of hydrogen-bond acceptors (Lipinski definition) is 15. The lowest BCUT2D eigenvalue weighted by Crippen LogP contribution is -2.48. The van der Waals surface area contributed by atoms with Crippen molar-refractivity contribution in [2.24, 2.45) is 0 Å². The van der Waals surface area contributed by atoms with Crippen molar-refractivity contribution in [3.63, 3.8) is 0 Å². The lowest BCUT2D eigenvalue weighted by atomic mass is 9.94. The van der Waals surface area contributed by atoms with E-state index >= 15 is 0 Å². The van der Waals surface area contributed by atoms with Crippen molar-refractivity contribution in [1.82, 2.24) is 4.90 Å². The Kier molecular flexibility index (Phi) is 46.5. The third-order valence-corrected chi connectivity index (χ3v) is 12.1. The summed E-state index contributed by atoms with van der Waals surface area (Å²) in [5.41, 5.74) is -2.28. The molecule has 15 heteroatoms. The minimum Gasteiger partial charge on any atom is -0.466 e. The topological polar surface area (TPSA) is 187 Å². The van der Waals surface area contributed by atoms with Crippen LogP contribution in [0.1, 0.15) is 239 Å². The van der Waals surface area contributed by atoms with Crippen LogP contribution >= 0.6 is 0 Å². The number of aldehydes is 1. The van der Waals surface area contributed by atoms with Crippen molar-refractivity contribution in [2.45, 2.75) is 245 Å². The van der Waals surface area contributed by atoms with Gasteiger partial charge in [-0.1, -0.05) is 97.8 Å². The van der Waals surface area contributed by atoms with Crippen LogP contribution < -0.4 is 0 Å². The van der Waals surface area contributed by atoms with Crippen LogP contribution in [0.3, 0.4) is 0 Å². The third kappa shape index (κ3) is 41.1. The normalized spacial score (nSPS) is 13.1. The zero-order chi connectivity index (χ0) is 51.6. The maximum absolute atomic E-state index is 13.9. The first-order valence-electron chi connectivity index (χ1n) is 27.7. The first kappa shape index (κ1) is 66.4. The first-order valence-corrected chi connectivity index (χ1v) is 27.7. The van der Waals surface area contributed by atoms with Gasteiger partial charge in [0, 0.05) is 39.4 Å². The molecule has 0 saturated carbocycles. The van der Waals surface area contributed by atoms with Crippen molar-refractivity contribution < 1.29 is 66.7 Å². The maximum Gasteiger partial charge on any atom is 0.351 e. The Morgan fingerprint density at radius 1 is 0.429 bits per heavy atom. The van der Waals surface area contributed by atoms with Gasteiger partial charge >= 0.3 is 35.8 Å². The molecule has 15 nitrogen and oxygen atoms in total. The van der Waals surface area contributed by atoms with Gasteiger partial charge in [-0.3, -0.25) is 24.0 Å². The van der Waals surface area contributed by atoms with Crippen molar-refractivity contribution in [1.29, 1.82) is 0 Å². The molecule has 0 aromatic heterocycles. The molecule has 0 aromatic rings. The Balaban J connectivity index is 0.00000477. The van der Waals surface area contributed by atoms with Crippen molar-refractivity contribution in [3.8, 4) is 0 Å². The molecule has 1 saturated heterocycles. The van der Waals surface area contributed by atoms with Crippen molar-refractivity contribution in [2.75, 3.05) is 66.4 Å². The smallest absolute Gasteiger partial charge is 0.351 e. The van der Waals surface area contributed by atoms with E-state index in [0.29, 0.717) is 70.8 Å². The molecule has 1 rings (SSSR count). The molecular formula is C55H99NO14. The SMILES string of the molecule is CCCCCCCC(=O)OCCCCCOC(=O)CC(CC(=O)OCCCCCOC)(OC(=O)CCCCN1CCCC1)C(=O)OCCCCCOC(=O)CCCCCCC.CCCCCCCC=O. The van der Waals surface area contributed by atoms with Gasteiger partial charge < -0.3 is 42.9 Å².